The van der Waals surface area contributed by atoms with E-state index in [1.54, 1.807) is 6.07 Å². The van der Waals surface area contributed by atoms with Crippen LogP contribution in [0.5, 0.6) is 0 Å². The molecule has 1 aromatic heterocycles. The molecule has 0 atom stereocenters. The molecule has 0 saturated heterocycles. The Morgan fingerprint density at radius 3 is 2.71 bits per heavy atom. The number of rotatable bonds is 3. The molecule has 0 spiro atoms. The molecule has 0 aromatic carbocycles. The molecule has 14 heavy (non-hydrogen) atoms. The number of nitrogens with zero attached hydrogens (tertiary/aromatic N) is 3. The zero-order valence-electron chi connectivity index (χ0n) is 8.70. The van der Waals surface area contributed by atoms with Crippen molar-refractivity contribution >= 4 is 11.8 Å². The number of nitrogens with one attached hydrogen (secondary N) is 1. The fraction of sp³-hybridized carbons (Fsp3) is 0.444. The number of aryl methyl sites for hydroxylation is 1. The van der Waals surface area contributed by atoms with Gasteiger partial charge in [0.25, 0.3) is 0 Å². The van der Waals surface area contributed by atoms with Crippen LogP contribution in [-0.2, 0) is 0 Å². The number of amidine groups is 1. The molecule has 5 heteroatoms. The summed E-state index contributed by atoms with van der Waals surface area (Å²) in [5.74, 6) is 0.582. The van der Waals surface area contributed by atoms with Crippen LogP contribution in [-0.4, -0.2) is 29.4 Å². The van der Waals surface area contributed by atoms with E-state index < -0.39 is 0 Å². The molecular formula is C9H15N5. The highest BCUT2D eigenvalue weighted by Gasteiger charge is 2.06. The van der Waals surface area contributed by atoms with Gasteiger partial charge in [0, 0.05) is 19.3 Å². The van der Waals surface area contributed by atoms with E-state index in [0.717, 1.165) is 12.2 Å². The Bertz CT molecular complexity index is 347. The van der Waals surface area contributed by atoms with Crippen LogP contribution in [0.2, 0.25) is 0 Å². The van der Waals surface area contributed by atoms with Gasteiger partial charge in [-0.2, -0.15) is 0 Å². The van der Waals surface area contributed by atoms with Crippen molar-refractivity contribution in [3.05, 3.63) is 17.5 Å². The molecular weight excluding hydrogens is 178 g/mol. The molecule has 0 radical (unpaired) electrons. The topological polar surface area (TPSA) is 78.9 Å². The molecule has 1 aromatic rings. The third kappa shape index (κ3) is 2.18. The molecule has 5 nitrogen and oxygen atoms in total. The first-order valence-electron chi connectivity index (χ1n) is 4.45. The first-order chi connectivity index (χ1) is 6.54. The van der Waals surface area contributed by atoms with Gasteiger partial charge in [0.2, 0.25) is 5.95 Å². The van der Waals surface area contributed by atoms with Crippen LogP contribution in [0.3, 0.4) is 0 Å². The molecule has 1 rings (SSSR count). The van der Waals surface area contributed by atoms with E-state index in [0.29, 0.717) is 11.6 Å². The summed E-state index contributed by atoms with van der Waals surface area (Å²) in [6.07, 6.45) is 0. The normalized spacial score (nSPS) is 9.93. The minimum absolute atomic E-state index is 0.0266. The van der Waals surface area contributed by atoms with Gasteiger partial charge in [-0.3, -0.25) is 5.41 Å². The second kappa shape index (κ2) is 4.04. The highest BCUT2D eigenvalue weighted by Crippen LogP contribution is 2.07. The van der Waals surface area contributed by atoms with Crippen molar-refractivity contribution in [2.45, 2.75) is 13.8 Å². The van der Waals surface area contributed by atoms with Crippen LogP contribution in [0.4, 0.5) is 5.95 Å². The van der Waals surface area contributed by atoms with Crippen molar-refractivity contribution in [3.63, 3.8) is 0 Å². The second-order valence-corrected chi connectivity index (χ2v) is 3.12. The van der Waals surface area contributed by atoms with Crippen LogP contribution in [0.25, 0.3) is 0 Å². The van der Waals surface area contributed by atoms with Gasteiger partial charge in [-0.05, 0) is 19.9 Å². The van der Waals surface area contributed by atoms with Crippen molar-refractivity contribution < 1.29 is 0 Å². The van der Waals surface area contributed by atoms with E-state index in [2.05, 4.69) is 9.97 Å². The SMILES string of the molecule is CCN(C)c1nc(C)cc(C(=N)N)n1. The average Bonchev–Trinajstić information content (AvgIpc) is 2.15. The number of anilines is 1. The van der Waals surface area contributed by atoms with Crippen molar-refractivity contribution in [3.8, 4) is 0 Å². The summed E-state index contributed by atoms with van der Waals surface area (Å²) in [7, 11) is 1.90. The fourth-order valence-electron chi connectivity index (χ4n) is 1.00. The lowest BCUT2D eigenvalue weighted by Crippen LogP contribution is -2.22. The summed E-state index contributed by atoms with van der Waals surface area (Å²) >= 11 is 0. The lowest BCUT2D eigenvalue weighted by molar-refractivity contribution is 0.888. The molecule has 76 valence electrons. The third-order valence-corrected chi connectivity index (χ3v) is 1.93. The van der Waals surface area contributed by atoms with E-state index >= 15 is 0 Å². The number of nitrogens with two attached hydrogens (primary N) is 1. The molecule has 0 bridgehead atoms. The van der Waals surface area contributed by atoms with Gasteiger partial charge in [0.05, 0.1) is 0 Å². The Hall–Kier alpha value is -1.65. The Balaban J connectivity index is 3.13. The maximum atomic E-state index is 7.30. The summed E-state index contributed by atoms with van der Waals surface area (Å²) in [6, 6.07) is 1.70. The summed E-state index contributed by atoms with van der Waals surface area (Å²) in [6.45, 7) is 4.70. The Labute approximate surface area is 83.5 Å². The van der Waals surface area contributed by atoms with E-state index in [4.69, 9.17) is 11.1 Å². The highest BCUT2D eigenvalue weighted by atomic mass is 15.2. The Morgan fingerprint density at radius 1 is 1.57 bits per heavy atom. The largest absolute Gasteiger partial charge is 0.382 e. The average molecular weight is 193 g/mol. The molecule has 0 fully saturated rings. The monoisotopic (exact) mass is 193 g/mol. The first-order valence-corrected chi connectivity index (χ1v) is 4.45. The third-order valence-electron chi connectivity index (χ3n) is 1.93. The van der Waals surface area contributed by atoms with E-state index in [-0.39, 0.29) is 5.84 Å². The van der Waals surface area contributed by atoms with E-state index in [9.17, 15) is 0 Å². The lowest BCUT2D eigenvalue weighted by atomic mass is 10.3. The highest BCUT2D eigenvalue weighted by molar-refractivity contribution is 5.93. The van der Waals surface area contributed by atoms with Gasteiger partial charge < -0.3 is 10.6 Å². The van der Waals surface area contributed by atoms with Gasteiger partial charge in [-0.25, -0.2) is 9.97 Å². The Kier molecular flexibility index (Phi) is 3.01. The van der Waals surface area contributed by atoms with E-state index in [1.807, 2.05) is 25.8 Å². The number of hydrogen-bond acceptors (Lipinski definition) is 4. The quantitative estimate of drug-likeness (QED) is 0.542. The molecule has 0 amide bonds. The van der Waals surface area contributed by atoms with Crippen LogP contribution in [0.15, 0.2) is 6.07 Å². The van der Waals surface area contributed by atoms with Crippen LogP contribution < -0.4 is 10.6 Å². The van der Waals surface area contributed by atoms with Gasteiger partial charge in [-0.15, -0.1) is 0 Å². The standard InChI is InChI=1S/C9H15N5/c1-4-14(3)9-12-6(2)5-7(13-9)8(10)11/h5H,4H2,1-3H3,(H3,10,11). The van der Waals surface area contributed by atoms with Gasteiger partial charge in [0.15, 0.2) is 0 Å². The molecule has 0 aliphatic carbocycles. The summed E-state index contributed by atoms with van der Waals surface area (Å²) in [5.41, 5.74) is 6.67. The second-order valence-electron chi connectivity index (χ2n) is 3.12. The van der Waals surface area contributed by atoms with Crippen LogP contribution in [0, 0.1) is 12.3 Å². The van der Waals surface area contributed by atoms with E-state index in [1.165, 1.54) is 0 Å². The molecule has 0 aliphatic heterocycles. The minimum atomic E-state index is -0.0266. The first kappa shape index (κ1) is 10.4. The summed E-state index contributed by atoms with van der Waals surface area (Å²) in [4.78, 5) is 10.3. The molecule has 0 saturated carbocycles. The molecule has 0 aliphatic rings. The maximum Gasteiger partial charge on any atom is 0.225 e. The number of aromatic nitrogens is 2. The van der Waals surface area contributed by atoms with Crippen LogP contribution >= 0.6 is 0 Å². The van der Waals surface area contributed by atoms with Crippen molar-refractivity contribution in [1.82, 2.24) is 9.97 Å². The van der Waals surface area contributed by atoms with Crippen LogP contribution in [0.1, 0.15) is 18.3 Å². The van der Waals surface area contributed by atoms with Crippen molar-refractivity contribution in [2.75, 3.05) is 18.5 Å². The molecule has 3 N–H and O–H groups in total. The minimum Gasteiger partial charge on any atom is -0.382 e. The maximum absolute atomic E-state index is 7.30. The fourth-order valence-corrected chi connectivity index (χ4v) is 1.00. The Morgan fingerprint density at radius 2 is 2.21 bits per heavy atom. The van der Waals surface area contributed by atoms with Gasteiger partial charge in [0.1, 0.15) is 11.5 Å². The predicted octanol–water partition coefficient (Wildman–Crippen LogP) is 0.525. The van der Waals surface area contributed by atoms with Crippen molar-refractivity contribution in [2.24, 2.45) is 5.73 Å². The van der Waals surface area contributed by atoms with Gasteiger partial charge >= 0.3 is 0 Å². The summed E-state index contributed by atoms with van der Waals surface area (Å²) < 4.78 is 0. The lowest BCUT2D eigenvalue weighted by Gasteiger charge is -2.15. The number of nitrogen functional groups attached to an aromatic ring is 1. The zero-order valence-corrected chi connectivity index (χ0v) is 8.70. The zero-order chi connectivity index (χ0) is 10.7. The number of hydrogen-bond donors (Lipinski definition) is 2. The molecule has 1 heterocycles. The van der Waals surface area contributed by atoms with Crippen molar-refractivity contribution in [1.29, 1.82) is 5.41 Å². The summed E-state index contributed by atoms with van der Waals surface area (Å²) in [5, 5.41) is 7.30. The smallest absolute Gasteiger partial charge is 0.225 e. The predicted molar refractivity (Wildman–Crippen MR) is 56.7 cm³/mol. The molecule has 0 unspecified atom stereocenters. The van der Waals surface area contributed by atoms with Gasteiger partial charge in [-0.1, -0.05) is 0 Å².